The summed E-state index contributed by atoms with van der Waals surface area (Å²) in [6, 6.07) is 9.30. The number of nitrogens with zero attached hydrogens (tertiary/aromatic N) is 1. The monoisotopic (exact) mass is 425 g/mol. The van der Waals surface area contributed by atoms with Crippen molar-refractivity contribution in [1.29, 1.82) is 0 Å². The highest BCUT2D eigenvalue weighted by atomic mass is 32.1. The van der Waals surface area contributed by atoms with E-state index in [9.17, 15) is 0 Å². The Morgan fingerprint density at radius 2 is 1.80 bits per heavy atom. The van der Waals surface area contributed by atoms with Crippen LogP contribution in [0.15, 0.2) is 36.4 Å². The van der Waals surface area contributed by atoms with E-state index in [1.165, 1.54) is 88.2 Å². The van der Waals surface area contributed by atoms with Crippen molar-refractivity contribution in [3.05, 3.63) is 42.0 Å². The topological polar surface area (TPSA) is 12.5 Å². The van der Waals surface area contributed by atoms with Crippen LogP contribution in [0.3, 0.4) is 0 Å². The van der Waals surface area contributed by atoms with Crippen molar-refractivity contribution in [2.45, 2.75) is 89.0 Å². The summed E-state index contributed by atoms with van der Waals surface area (Å²) in [7, 11) is 0. The van der Waals surface area contributed by atoms with Gasteiger partial charge >= 0.3 is 0 Å². The second-order valence-electron chi connectivity index (χ2n) is 10.5. The number of allylic oxidation sites excluding steroid dienone is 1. The molecule has 0 amide bonds. The predicted molar refractivity (Wildman–Crippen MR) is 130 cm³/mol. The number of fused-ring (bicyclic) bond motifs is 5. The Morgan fingerprint density at radius 1 is 1.03 bits per heavy atom. The third-order valence-corrected chi connectivity index (χ3v) is 9.04. The van der Waals surface area contributed by atoms with Crippen molar-refractivity contribution in [3.8, 4) is 5.75 Å². The van der Waals surface area contributed by atoms with E-state index in [-0.39, 0.29) is 1.43 Å². The summed E-state index contributed by atoms with van der Waals surface area (Å²) >= 11 is 6.03. The molecule has 1 aromatic carbocycles. The van der Waals surface area contributed by atoms with Crippen LogP contribution in [0.1, 0.15) is 90.0 Å². The third kappa shape index (κ3) is 3.95. The average Bonchev–Trinajstić information content (AvgIpc) is 2.78. The Morgan fingerprint density at radius 3 is 2.63 bits per heavy atom. The number of rotatable bonds is 0. The van der Waals surface area contributed by atoms with Gasteiger partial charge in [-0.25, -0.2) is 0 Å². The van der Waals surface area contributed by atoms with Gasteiger partial charge in [0.2, 0.25) is 0 Å². The van der Waals surface area contributed by atoms with E-state index in [0.717, 1.165) is 23.2 Å². The highest BCUT2D eigenvalue weighted by Crippen LogP contribution is 2.51. The molecule has 30 heavy (non-hydrogen) atoms. The lowest BCUT2D eigenvalue weighted by molar-refractivity contribution is 0.0273. The molecule has 2 bridgehead atoms. The number of thiocarbonyl (C=S) groups is 1. The molecule has 0 N–H and O–H groups in total. The molecule has 0 radical (unpaired) electrons. The maximum absolute atomic E-state index is 6.41. The molecule has 0 aromatic heterocycles. The van der Waals surface area contributed by atoms with Crippen LogP contribution in [0.25, 0.3) is 0 Å². The Bertz CT molecular complexity index is 798. The second-order valence-corrected chi connectivity index (χ2v) is 10.9. The predicted octanol–water partition coefficient (Wildman–Crippen LogP) is 7.29. The molecule has 1 spiro atoms. The Hall–Kier alpha value is -1.35. The van der Waals surface area contributed by atoms with E-state index < -0.39 is 0 Å². The molecule has 2 nitrogen and oxygen atoms in total. The number of hydrogen-bond donors (Lipinski definition) is 0. The first kappa shape index (κ1) is 20.5. The fourth-order valence-corrected chi connectivity index (χ4v) is 7.48. The molecular formula is C27H39NOS. The van der Waals surface area contributed by atoms with Gasteiger partial charge in [0, 0.05) is 14.0 Å². The van der Waals surface area contributed by atoms with Crippen LogP contribution in [-0.4, -0.2) is 29.1 Å². The molecule has 3 aliphatic heterocycles. The molecule has 6 rings (SSSR count). The van der Waals surface area contributed by atoms with E-state index in [1.54, 1.807) is 0 Å². The minimum absolute atomic E-state index is 0. The summed E-state index contributed by atoms with van der Waals surface area (Å²) < 4.78 is 6.41. The number of ether oxygens (including phenoxy) is 1. The van der Waals surface area contributed by atoms with Gasteiger partial charge in [0.25, 0.3) is 0 Å². The SMILES string of the molecule is C=C1CCCC2(CCCN3C(=S)COc4ccccc4C4CCC(CC4)CCC32)C1.[HH]. The molecule has 1 saturated heterocycles. The molecule has 2 unspecified atom stereocenters. The highest BCUT2D eigenvalue weighted by Gasteiger charge is 2.46. The zero-order valence-electron chi connectivity index (χ0n) is 18.4. The second kappa shape index (κ2) is 8.65. The van der Waals surface area contributed by atoms with E-state index in [4.69, 9.17) is 17.0 Å². The summed E-state index contributed by atoms with van der Waals surface area (Å²) in [4.78, 5) is 3.63. The zero-order chi connectivity index (χ0) is 20.6. The third-order valence-electron chi connectivity index (χ3n) is 8.69. The molecule has 3 heteroatoms. The lowest BCUT2D eigenvalue weighted by Gasteiger charge is -2.53. The Labute approximate surface area is 189 Å². The van der Waals surface area contributed by atoms with Crippen molar-refractivity contribution < 1.29 is 6.16 Å². The lowest BCUT2D eigenvalue weighted by atomic mass is 9.61. The van der Waals surface area contributed by atoms with Crippen molar-refractivity contribution in [1.82, 2.24) is 4.90 Å². The van der Waals surface area contributed by atoms with E-state index in [1.807, 2.05) is 0 Å². The lowest BCUT2D eigenvalue weighted by Crippen LogP contribution is -2.56. The smallest absolute Gasteiger partial charge is 0.138 e. The first-order chi connectivity index (χ1) is 14.6. The molecule has 5 aliphatic rings. The molecule has 3 fully saturated rings. The first-order valence-electron chi connectivity index (χ1n) is 12.3. The average molecular weight is 426 g/mol. The highest BCUT2D eigenvalue weighted by molar-refractivity contribution is 7.80. The number of piperidine rings is 1. The maximum atomic E-state index is 6.41. The van der Waals surface area contributed by atoms with Crippen LogP contribution < -0.4 is 4.74 Å². The fourth-order valence-electron chi connectivity index (χ4n) is 7.21. The van der Waals surface area contributed by atoms with Crippen molar-refractivity contribution in [3.63, 3.8) is 0 Å². The molecule has 1 aromatic rings. The van der Waals surface area contributed by atoms with E-state index >= 15 is 0 Å². The van der Waals surface area contributed by atoms with Crippen LogP contribution >= 0.6 is 12.2 Å². The Balaban J connectivity index is 0.00000231. The maximum Gasteiger partial charge on any atom is 0.138 e. The summed E-state index contributed by atoms with van der Waals surface area (Å²) in [5.74, 6) is 2.61. The quantitative estimate of drug-likeness (QED) is 0.320. The minimum Gasteiger partial charge on any atom is -0.486 e. The molecule has 2 aliphatic carbocycles. The van der Waals surface area contributed by atoms with E-state index in [0.29, 0.717) is 24.0 Å². The molecule has 3 heterocycles. The van der Waals surface area contributed by atoms with Crippen LogP contribution in [-0.2, 0) is 0 Å². The summed E-state index contributed by atoms with van der Waals surface area (Å²) in [6.45, 7) is 6.08. The van der Waals surface area contributed by atoms with Crippen LogP contribution in [0.4, 0.5) is 0 Å². The molecular weight excluding hydrogens is 386 g/mol. The van der Waals surface area contributed by atoms with Gasteiger partial charge in [-0.3, -0.25) is 0 Å². The standard InChI is InChI=1S/C27H37NOS.H2/c1-20-6-4-15-27(18-20)16-5-17-28-25(27)14-11-21-9-12-22(13-10-21)23-7-2-3-8-24(23)29-19-26(28)30;/h2-3,7-8,21-22,25H,1,4-6,9-19H2;1H. The van der Waals surface area contributed by atoms with E-state index in [2.05, 4.69) is 35.7 Å². The normalized spacial score (nSPS) is 34.9. The van der Waals surface area contributed by atoms with Gasteiger partial charge < -0.3 is 9.64 Å². The number of benzene rings is 1. The van der Waals surface area contributed by atoms with Crippen molar-refractivity contribution >= 4 is 17.2 Å². The minimum atomic E-state index is 0. The molecule has 2 saturated carbocycles. The first-order valence-corrected chi connectivity index (χ1v) is 12.7. The van der Waals surface area contributed by atoms with Gasteiger partial charge in [-0.05, 0) is 106 Å². The van der Waals surface area contributed by atoms with Crippen LogP contribution in [0.5, 0.6) is 5.75 Å². The Kier molecular flexibility index (Phi) is 5.92. The van der Waals surface area contributed by atoms with Gasteiger partial charge in [0.1, 0.15) is 17.3 Å². The summed E-state index contributed by atoms with van der Waals surface area (Å²) in [5, 5.41) is 0. The molecule has 2 atom stereocenters. The number of hydrogen-bond acceptors (Lipinski definition) is 2. The van der Waals surface area contributed by atoms with Gasteiger partial charge in [0.15, 0.2) is 0 Å². The summed E-state index contributed by atoms with van der Waals surface area (Å²) in [5.41, 5.74) is 3.28. The number of para-hydroxylation sites is 1. The molecule has 164 valence electrons. The summed E-state index contributed by atoms with van der Waals surface area (Å²) in [6.07, 6.45) is 15.7. The van der Waals surface area contributed by atoms with Crippen LogP contribution in [0.2, 0.25) is 0 Å². The van der Waals surface area contributed by atoms with Gasteiger partial charge in [-0.15, -0.1) is 0 Å². The van der Waals surface area contributed by atoms with Crippen molar-refractivity contribution in [2.24, 2.45) is 11.3 Å². The van der Waals surface area contributed by atoms with Gasteiger partial charge in [-0.1, -0.05) is 42.6 Å². The van der Waals surface area contributed by atoms with Gasteiger partial charge in [-0.2, -0.15) is 0 Å². The van der Waals surface area contributed by atoms with Gasteiger partial charge in [0.05, 0.1) is 0 Å². The largest absolute Gasteiger partial charge is 0.486 e. The fraction of sp³-hybridized carbons (Fsp3) is 0.667. The van der Waals surface area contributed by atoms with Crippen LogP contribution in [0, 0.1) is 11.3 Å². The van der Waals surface area contributed by atoms with Crippen molar-refractivity contribution in [2.75, 3.05) is 13.2 Å². The zero-order valence-corrected chi connectivity index (χ0v) is 19.2.